The summed E-state index contributed by atoms with van der Waals surface area (Å²) >= 11 is 0. The molecule has 0 aliphatic heterocycles. The average Bonchev–Trinajstić information content (AvgIpc) is 2.61. The molecule has 8 heteroatoms. The molecule has 3 aromatic carbocycles. The Morgan fingerprint density at radius 1 is 1.00 bits per heavy atom. The van der Waals surface area contributed by atoms with Crippen LogP contribution in [0.25, 0.3) is 10.8 Å². The van der Waals surface area contributed by atoms with Crippen molar-refractivity contribution in [3.8, 4) is 6.07 Å². The number of nitriles is 1. The van der Waals surface area contributed by atoms with E-state index in [1.54, 1.807) is 30.3 Å². The molecule has 7 nitrogen and oxygen atoms in total. The topological polar surface area (TPSA) is 113 Å². The zero-order chi connectivity index (χ0) is 18.7. The van der Waals surface area contributed by atoms with E-state index in [-0.39, 0.29) is 11.3 Å². The standard InChI is InChI=1S/C18H13N3O4S/c19-11-13-9-10-17(16-7-3-2-6-15(13)16)20-26(24,25)12-14-5-1-4-8-18(14)21(22)23/h1-10,20H,12H2. The van der Waals surface area contributed by atoms with Crippen LogP contribution in [0.1, 0.15) is 11.1 Å². The Morgan fingerprint density at radius 2 is 1.65 bits per heavy atom. The molecule has 0 saturated carbocycles. The minimum Gasteiger partial charge on any atom is -0.283 e. The third kappa shape index (κ3) is 3.48. The minimum atomic E-state index is -3.89. The average molecular weight is 367 g/mol. The molecule has 130 valence electrons. The van der Waals surface area contributed by atoms with Crippen molar-refractivity contribution in [2.75, 3.05) is 4.72 Å². The van der Waals surface area contributed by atoms with Gasteiger partial charge in [0.15, 0.2) is 0 Å². The van der Waals surface area contributed by atoms with E-state index in [0.717, 1.165) is 0 Å². The number of para-hydroxylation sites is 1. The zero-order valence-corrected chi connectivity index (χ0v) is 14.2. The predicted octanol–water partition coefficient (Wildman–Crippen LogP) is 3.56. The second kappa shape index (κ2) is 6.82. The molecule has 0 saturated heterocycles. The van der Waals surface area contributed by atoms with Crippen LogP contribution < -0.4 is 4.72 Å². The molecule has 26 heavy (non-hydrogen) atoms. The number of anilines is 1. The predicted molar refractivity (Wildman–Crippen MR) is 98.0 cm³/mol. The van der Waals surface area contributed by atoms with Gasteiger partial charge in [0.1, 0.15) is 5.75 Å². The SMILES string of the molecule is N#Cc1ccc(NS(=O)(=O)Cc2ccccc2[N+](=O)[O-])c2ccccc12. The fourth-order valence-electron chi connectivity index (χ4n) is 2.70. The Morgan fingerprint density at radius 3 is 2.35 bits per heavy atom. The maximum atomic E-state index is 12.5. The number of benzene rings is 3. The van der Waals surface area contributed by atoms with Crippen molar-refractivity contribution in [3.63, 3.8) is 0 Å². The molecule has 0 bridgehead atoms. The summed E-state index contributed by atoms with van der Waals surface area (Å²) in [6.45, 7) is 0. The molecule has 3 rings (SSSR count). The van der Waals surface area contributed by atoms with E-state index >= 15 is 0 Å². The van der Waals surface area contributed by atoms with Gasteiger partial charge in [-0.25, -0.2) is 8.42 Å². The van der Waals surface area contributed by atoms with Crippen molar-refractivity contribution in [2.45, 2.75) is 5.75 Å². The van der Waals surface area contributed by atoms with Gasteiger partial charge in [-0.3, -0.25) is 14.8 Å². The molecular weight excluding hydrogens is 354 g/mol. The number of nitro benzene ring substituents is 1. The fraction of sp³-hybridized carbons (Fsp3) is 0.0556. The van der Waals surface area contributed by atoms with E-state index in [1.165, 1.54) is 30.3 Å². The molecule has 0 heterocycles. The summed E-state index contributed by atoms with van der Waals surface area (Å²) < 4.78 is 27.6. The van der Waals surface area contributed by atoms with Crippen molar-refractivity contribution < 1.29 is 13.3 Å². The molecule has 0 radical (unpaired) electrons. The number of nitro groups is 1. The highest BCUT2D eigenvalue weighted by atomic mass is 32.2. The summed E-state index contributed by atoms with van der Waals surface area (Å²) in [5.41, 5.74) is 0.603. The normalized spacial score (nSPS) is 11.0. The molecule has 0 aliphatic rings. The number of sulfonamides is 1. The highest BCUT2D eigenvalue weighted by Crippen LogP contribution is 2.28. The lowest BCUT2D eigenvalue weighted by Gasteiger charge is -2.12. The third-order valence-electron chi connectivity index (χ3n) is 3.84. The van der Waals surface area contributed by atoms with E-state index in [4.69, 9.17) is 0 Å². The largest absolute Gasteiger partial charge is 0.283 e. The first-order valence-corrected chi connectivity index (χ1v) is 9.21. The van der Waals surface area contributed by atoms with Crippen LogP contribution in [0.3, 0.4) is 0 Å². The summed E-state index contributed by atoms with van der Waals surface area (Å²) in [7, 11) is -3.89. The van der Waals surface area contributed by atoms with Crippen molar-refractivity contribution in [2.24, 2.45) is 0 Å². The number of hydrogen-bond acceptors (Lipinski definition) is 5. The summed E-state index contributed by atoms with van der Waals surface area (Å²) in [6.07, 6.45) is 0. The number of hydrogen-bond donors (Lipinski definition) is 1. The Bertz CT molecular complexity index is 1150. The van der Waals surface area contributed by atoms with Crippen LogP contribution in [-0.2, 0) is 15.8 Å². The van der Waals surface area contributed by atoms with Gasteiger partial charge < -0.3 is 0 Å². The molecule has 0 unspecified atom stereocenters. The highest BCUT2D eigenvalue weighted by molar-refractivity contribution is 7.91. The minimum absolute atomic E-state index is 0.1000. The second-order valence-corrected chi connectivity index (χ2v) is 7.29. The van der Waals surface area contributed by atoms with Crippen LogP contribution >= 0.6 is 0 Å². The van der Waals surface area contributed by atoms with Crippen LogP contribution in [-0.4, -0.2) is 13.3 Å². The van der Waals surface area contributed by atoms with Gasteiger partial charge >= 0.3 is 0 Å². The van der Waals surface area contributed by atoms with Crippen LogP contribution in [0.4, 0.5) is 11.4 Å². The lowest BCUT2D eigenvalue weighted by molar-refractivity contribution is -0.385. The van der Waals surface area contributed by atoms with Crippen LogP contribution in [0.2, 0.25) is 0 Å². The molecule has 1 N–H and O–H groups in total. The smallest absolute Gasteiger partial charge is 0.273 e. The lowest BCUT2D eigenvalue weighted by Crippen LogP contribution is -2.16. The van der Waals surface area contributed by atoms with Crippen molar-refractivity contribution >= 4 is 32.2 Å². The van der Waals surface area contributed by atoms with Gasteiger partial charge in [-0.05, 0) is 12.1 Å². The summed E-state index contributed by atoms with van der Waals surface area (Å²) in [5.74, 6) is -0.529. The van der Waals surface area contributed by atoms with Gasteiger partial charge in [0.2, 0.25) is 10.0 Å². The van der Waals surface area contributed by atoms with E-state index in [0.29, 0.717) is 22.0 Å². The lowest BCUT2D eigenvalue weighted by atomic mass is 10.0. The first-order chi connectivity index (χ1) is 12.4. The van der Waals surface area contributed by atoms with Gasteiger partial charge in [-0.1, -0.05) is 42.5 Å². The van der Waals surface area contributed by atoms with Crippen LogP contribution in [0, 0.1) is 21.4 Å². The Balaban J connectivity index is 1.98. The first-order valence-electron chi connectivity index (χ1n) is 7.56. The van der Waals surface area contributed by atoms with E-state index in [2.05, 4.69) is 10.8 Å². The molecule has 0 atom stereocenters. The van der Waals surface area contributed by atoms with Gasteiger partial charge in [0.25, 0.3) is 5.69 Å². The quantitative estimate of drug-likeness (QED) is 0.547. The fourth-order valence-corrected chi connectivity index (χ4v) is 3.94. The molecular formula is C18H13N3O4S. The highest BCUT2D eigenvalue weighted by Gasteiger charge is 2.20. The molecule has 0 spiro atoms. The Hall–Kier alpha value is -3.44. The molecule has 3 aromatic rings. The molecule has 0 amide bonds. The van der Waals surface area contributed by atoms with Crippen molar-refractivity contribution in [1.29, 1.82) is 5.26 Å². The van der Waals surface area contributed by atoms with Crippen LogP contribution in [0.15, 0.2) is 60.7 Å². The van der Waals surface area contributed by atoms with Crippen LogP contribution in [0.5, 0.6) is 0 Å². The van der Waals surface area contributed by atoms with Gasteiger partial charge in [0.05, 0.1) is 22.2 Å². The Kier molecular flexibility index (Phi) is 4.56. The summed E-state index contributed by atoms with van der Waals surface area (Å²) in [6, 6.07) is 17.8. The maximum Gasteiger partial charge on any atom is 0.273 e. The third-order valence-corrected chi connectivity index (χ3v) is 5.07. The van der Waals surface area contributed by atoms with Gasteiger partial charge in [-0.15, -0.1) is 0 Å². The van der Waals surface area contributed by atoms with Crippen molar-refractivity contribution in [1.82, 2.24) is 0 Å². The van der Waals surface area contributed by atoms with E-state index < -0.39 is 20.7 Å². The van der Waals surface area contributed by atoms with Gasteiger partial charge in [-0.2, -0.15) is 5.26 Å². The van der Waals surface area contributed by atoms with Crippen molar-refractivity contribution in [3.05, 3.63) is 81.9 Å². The zero-order valence-electron chi connectivity index (χ0n) is 13.4. The molecule has 0 fully saturated rings. The van der Waals surface area contributed by atoms with Gasteiger partial charge in [0, 0.05) is 22.4 Å². The Labute approximate surface area is 149 Å². The molecule has 0 aliphatic carbocycles. The number of nitrogens with one attached hydrogen (secondary N) is 1. The van der Waals surface area contributed by atoms with E-state index in [9.17, 15) is 23.8 Å². The first kappa shape index (κ1) is 17.4. The second-order valence-electron chi connectivity index (χ2n) is 5.57. The number of nitrogens with zero attached hydrogens (tertiary/aromatic N) is 2. The van der Waals surface area contributed by atoms with E-state index in [1.807, 2.05) is 0 Å². The molecule has 0 aromatic heterocycles. The summed E-state index contributed by atoms with van der Waals surface area (Å²) in [5, 5.41) is 21.5. The maximum absolute atomic E-state index is 12.5. The monoisotopic (exact) mass is 367 g/mol. The summed E-state index contributed by atoms with van der Waals surface area (Å²) in [4.78, 5) is 10.5. The number of fused-ring (bicyclic) bond motifs is 1. The number of rotatable bonds is 5.